The van der Waals surface area contributed by atoms with E-state index in [1.807, 2.05) is 19.1 Å². The number of hydrogen-bond donors (Lipinski definition) is 2. The minimum absolute atomic E-state index is 0.0409. The molecule has 0 aliphatic heterocycles. The molecular weight excluding hydrogens is 374 g/mol. The average molecular weight is 391 g/mol. The van der Waals surface area contributed by atoms with Crippen molar-refractivity contribution in [3.63, 3.8) is 0 Å². The summed E-state index contributed by atoms with van der Waals surface area (Å²) in [5.41, 5.74) is 1.98. The van der Waals surface area contributed by atoms with Crippen LogP contribution < -0.4 is 10.6 Å². The van der Waals surface area contributed by atoms with E-state index in [2.05, 4.69) is 10.6 Å². The molecule has 1 heterocycles. The summed E-state index contributed by atoms with van der Waals surface area (Å²) in [5, 5.41) is 16.0. The third kappa shape index (κ3) is 5.16. The summed E-state index contributed by atoms with van der Waals surface area (Å²) in [6.07, 6.45) is 2.77. The molecular formula is C21H17N3O5. The Hall–Kier alpha value is -4.20. The summed E-state index contributed by atoms with van der Waals surface area (Å²) in [4.78, 5) is 35.4. The van der Waals surface area contributed by atoms with Crippen molar-refractivity contribution in [1.82, 2.24) is 5.32 Å². The van der Waals surface area contributed by atoms with Crippen LogP contribution in [-0.2, 0) is 4.79 Å². The molecule has 2 aromatic carbocycles. The van der Waals surface area contributed by atoms with Crippen LogP contribution in [-0.4, -0.2) is 16.7 Å². The Balaban J connectivity index is 1.87. The highest BCUT2D eigenvalue weighted by Crippen LogP contribution is 2.16. The second-order valence-electron chi connectivity index (χ2n) is 6.16. The molecule has 3 rings (SSSR count). The molecule has 29 heavy (non-hydrogen) atoms. The third-order valence-electron chi connectivity index (χ3n) is 3.96. The molecule has 8 heteroatoms. The number of anilines is 1. The largest absolute Gasteiger partial charge is 0.459 e. The molecule has 0 saturated carbocycles. The number of carbonyl (C=O) groups is 2. The van der Waals surface area contributed by atoms with Crippen LogP contribution in [0.3, 0.4) is 0 Å². The van der Waals surface area contributed by atoms with Gasteiger partial charge in [0.1, 0.15) is 5.70 Å². The molecule has 0 aliphatic carbocycles. The number of non-ortho nitro benzene ring substituents is 1. The Kier molecular flexibility index (Phi) is 5.84. The maximum Gasteiger partial charge on any atom is 0.291 e. The molecule has 8 nitrogen and oxygen atoms in total. The van der Waals surface area contributed by atoms with Gasteiger partial charge in [-0.05, 0) is 55.0 Å². The highest BCUT2D eigenvalue weighted by atomic mass is 16.6. The van der Waals surface area contributed by atoms with Crippen LogP contribution in [0.4, 0.5) is 11.4 Å². The zero-order valence-corrected chi connectivity index (χ0v) is 15.4. The second kappa shape index (κ2) is 8.66. The number of nitrogens with one attached hydrogen (secondary N) is 2. The molecule has 0 saturated heterocycles. The first kappa shape index (κ1) is 19.6. The summed E-state index contributed by atoms with van der Waals surface area (Å²) >= 11 is 0. The number of aryl methyl sites for hydroxylation is 1. The minimum Gasteiger partial charge on any atom is -0.459 e. The fourth-order valence-electron chi connectivity index (χ4n) is 2.44. The number of carbonyl (C=O) groups excluding carboxylic acids is 2. The monoisotopic (exact) mass is 391 g/mol. The summed E-state index contributed by atoms with van der Waals surface area (Å²) in [6, 6.07) is 15.8. The molecule has 0 bridgehead atoms. The van der Waals surface area contributed by atoms with Crippen LogP contribution >= 0.6 is 0 Å². The van der Waals surface area contributed by atoms with Gasteiger partial charge < -0.3 is 15.1 Å². The van der Waals surface area contributed by atoms with E-state index in [0.717, 1.165) is 5.56 Å². The zero-order chi connectivity index (χ0) is 20.8. The molecule has 2 N–H and O–H groups in total. The number of amides is 2. The Labute approximate surface area is 166 Å². The quantitative estimate of drug-likeness (QED) is 0.376. The molecule has 3 aromatic rings. The van der Waals surface area contributed by atoms with E-state index in [1.54, 1.807) is 18.2 Å². The number of nitro groups is 1. The van der Waals surface area contributed by atoms with Crippen molar-refractivity contribution in [3.05, 3.63) is 99.6 Å². The minimum atomic E-state index is -0.595. The highest BCUT2D eigenvalue weighted by molar-refractivity contribution is 6.10. The van der Waals surface area contributed by atoms with Gasteiger partial charge >= 0.3 is 0 Å². The molecule has 0 spiro atoms. The third-order valence-corrected chi connectivity index (χ3v) is 3.96. The van der Waals surface area contributed by atoms with Crippen molar-refractivity contribution in [2.75, 3.05) is 5.32 Å². The van der Waals surface area contributed by atoms with Crippen LogP contribution in [0.5, 0.6) is 0 Å². The van der Waals surface area contributed by atoms with E-state index >= 15 is 0 Å². The lowest BCUT2D eigenvalue weighted by atomic mass is 10.1. The van der Waals surface area contributed by atoms with Gasteiger partial charge in [-0.3, -0.25) is 19.7 Å². The Morgan fingerprint density at radius 3 is 2.31 bits per heavy atom. The predicted molar refractivity (Wildman–Crippen MR) is 107 cm³/mol. The van der Waals surface area contributed by atoms with Crippen molar-refractivity contribution < 1.29 is 18.9 Å². The topological polar surface area (TPSA) is 114 Å². The van der Waals surface area contributed by atoms with Crippen molar-refractivity contribution in [2.24, 2.45) is 0 Å². The summed E-state index contributed by atoms with van der Waals surface area (Å²) < 4.78 is 5.05. The Morgan fingerprint density at radius 2 is 1.72 bits per heavy atom. The number of rotatable bonds is 6. The van der Waals surface area contributed by atoms with Gasteiger partial charge in [0.25, 0.3) is 17.5 Å². The Morgan fingerprint density at radius 1 is 1.03 bits per heavy atom. The smallest absolute Gasteiger partial charge is 0.291 e. The van der Waals surface area contributed by atoms with Crippen molar-refractivity contribution in [3.8, 4) is 0 Å². The van der Waals surface area contributed by atoms with Gasteiger partial charge in [-0.2, -0.15) is 0 Å². The van der Waals surface area contributed by atoms with Crippen LogP contribution in [0.25, 0.3) is 6.08 Å². The molecule has 2 amide bonds. The van der Waals surface area contributed by atoms with E-state index in [9.17, 15) is 19.7 Å². The summed E-state index contributed by atoms with van der Waals surface area (Å²) in [6.45, 7) is 1.93. The fourth-order valence-corrected chi connectivity index (χ4v) is 2.44. The van der Waals surface area contributed by atoms with Crippen molar-refractivity contribution in [2.45, 2.75) is 6.92 Å². The molecule has 0 fully saturated rings. The normalized spacial score (nSPS) is 11.0. The van der Waals surface area contributed by atoms with Gasteiger partial charge in [-0.15, -0.1) is 0 Å². The van der Waals surface area contributed by atoms with Gasteiger partial charge in [0.15, 0.2) is 5.76 Å². The first-order valence-corrected chi connectivity index (χ1v) is 8.61. The first-order valence-electron chi connectivity index (χ1n) is 8.61. The number of furan rings is 1. The second-order valence-corrected chi connectivity index (χ2v) is 6.16. The molecule has 1 aromatic heterocycles. The zero-order valence-electron chi connectivity index (χ0n) is 15.4. The number of nitro benzene ring substituents is 1. The van der Waals surface area contributed by atoms with Gasteiger partial charge in [0.05, 0.1) is 11.2 Å². The maximum atomic E-state index is 12.7. The highest BCUT2D eigenvalue weighted by Gasteiger charge is 2.17. The van der Waals surface area contributed by atoms with E-state index < -0.39 is 16.7 Å². The van der Waals surface area contributed by atoms with Crippen molar-refractivity contribution >= 4 is 29.3 Å². The van der Waals surface area contributed by atoms with Gasteiger partial charge in [0, 0.05) is 17.8 Å². The lowest BCUT2D eigenvalue weighted by Gasteiger charge is -2.10. The maximum absolute atomic E-state index is 12.7. The van der Waals surface area contributed by atoms with E-state index in [1.165, 1.54) is 42.7 Å². The van der Waals surface area contributed by atoms with Gasteiger partial charge in [-0.25, -0.2) is 0 Å². The molecule has 0 aliphatic rings. The van der Waals surface area contributed by atoms with Gasteiger partial charge in [0.2, 0.25) is 0 Å². The summed E-state index contributed by atoms with van der Waals surface area (Å²) in [7, 11) is 0. The lowest BCUT2D eigenvalue weighted by molar-refractivity contribution is -0.384. The molecule has 0 unspecified atom stereocenters. The standard InChI is InChI=1S/C21H17N3O5/c1-14-4-8-16(9-5-14)22-20(25)18(23-21(26)19-3-2-12-29-19)13-15-6-10-17(11-7-15)24(27)28/h2-13H,1H3,(H,22,25)(H,23,26). The number of benzene rings is 2. The average Bonchev–Trinajstić information content (AvgIpc) is 3.24. The predicted octanol–water partition coefficient (Wildman–Crippen LogP) is 3.91. The van der Waals surface area contributed by atoms with E-state index in [0.29, 0.717) is 11.3 Å². The van der Waals surface area contributed by atoms with Crippen LogP contribution in [0, 0.1) is 17.0 Å². The molecule has 0 atom stereocenters. The molecule has 0 radical (unpaired) electrons. The summed E-state index contributed by atoms with van der Waals surface area (Å²) in [5.74, 6) is -1.10. The first-order chi connectivity index (χ1) is 13.9. The number of nitrogens with zero attached hydrogens (tertiary/aromatic N) is 1. The lowest BCUT2D eigenvalue weighted by Crippen LogP contribution is -2.30. The number of hydrogen-bond acceptors (Lipinski definition) is 5. The SMILES string of the molecule is Cc1ccc(NC(=O)C(=Cc2ccc([N+](=O)[O-])cc2)NC(=O)c2ccco2)cc1. The van der Waals surface area contributed by atoms with Crippen LogP contribution in [0.1, 0.15) is 21.7 Å². The molecule has 146 valence electrons. The van der Waals surface area contributed by atoms with E-state index in [-0.39, 0.29) is 17.1 Å². The van der Waals surface area contributed by atoms with Crippen molar-refractivity contribution in [1.29, 1.82) is 0 Å². The van der Waals surface area contributed by atoms with Gasteiger partial charge in [-0.1, -0.05) is 17.7 Å². The van der Waals surface area contributed by atoms with E-state index in [4.69, 9.17) is 4.42 Å². The Bertz CT molecular complexity index is 1050. The van der Waals surface area contributed by atoms with Crippen LogP contribution in [0.15, 0.2) is 77.0 Å². The van der Waals surface area contributed by atoms with Crippen LogP contribution in [0.2, 0.25) is 0 Å². The fraction of sp³-hybridized carbons (Fsp3) is 0.0476.